The van der Waals surface area contributed by atoms with E-state index < -0.39 is 5.41 Å². The Morgan fingerprint density at radius 1 is 1.30 bits per heavy atom. The number of hydrogen-bond acceptors (Lipinski definition) is 4. The normalized spacial score (nSPS) is 15.0. The van der Waals surface area contributed by atoms with Crippen LogP contribution in [0.15, 0.2) is 36.7 Å². The van der Waals surface area contributed by atoms with Crippen LogP contribution in [-0.4, -0.2) is 29.1 Å². The monoisotopic (exact) mass is 404 g/mol. The number of aromatic nitrogens is 2. The number of carbonyl (C=O) groups excluding carboxylic acids is 1. The van der Waals surface area contributed by atoms with E-state index in [4.69, 9.17) is 32.7 Å². The van der Waals surface area contributed by atoms with E-state index in [0.717, 1.165) is 29.7 Å². The van der Waals surface area contributed by atoms with Gasteiger partial charge in [0.05, 0.1) is 29.5 Å². The molecule has 140 valence electrons. The molecular weight excluding hydrogens is 387 g/mol. The van der Waals surface area contributed by atoms with Gasteiger partial charge >= 0.3 is 5.97 Å². The Kier molecular flexibility index (Phi) is 4.52. The molecule has 5 nitrogen and oxygen atoms in total. The zero-order chi connectivity index (χ0) is 19.2. The third kappa shape index (κ3) is 2.95. The number of fused-ring (bicyclic) bond motifs is 1. The van der Waals surface area contributed by atoms with E-state index in [2.05, 4.69) is 4.98 Å². The van der Waals surface area contributed by atoms with Gasteiger partial charge in [0.2, 0.25) is 0 Å². The summed E-state index contributed by atoms with van der Waals surface area (Å²) in [4.78, 5) is 17.0. The maximum atomic E-state index is 12.3. The average Bonchev–Trinajstić information content (AvgIpc) is 3.37. The van der Waals surface area contributed by atoms with E-state index in [9.17, 15) is 4.79 Å². The fourth-order valence-corrected chi connectivity index (χ4v) is 3.72. The Morgan fingerprint density at radius 3 is 2.74 bits per heavy atom. The SMILES string of the molecule is CCOC(=O)C1(c2cn3ccc(-c4c(OC)ccc(Cl)c4Cl)cc3n2)CC1. The Labute approximate surface area is 166 Å². The first-order chi connectivity index (χ1) is 13.0. The second-order valence-electron chi connectivity index (χ2n) is 6.55. The molecule has 2 aromatic heterocycles. The van der Waals surface area contributed by atoms with Gasteiger partial charge in [-0.25, -0.2) is 4.98 Å². The number of methoxy groups -OCH3 is 1. The van der Waals surface area contributed by atoms with Gasteiger partial charge in [-0.3, -0.25) is 4.79 Å². The predicted molar refractivity (Wildman–Crippen MR) is 105 cm³/mol. The minimum atomic E-state index is -0.604. The van der Waals surface area contributed by atoms with Crippen molar-refractivity contribution < 1.29 is 14.3 Å². The van der Waals surface area contributed by atoms with Crippen molar-refractivity contribution in [2.75, 3.05) is 13.7 Å². The molecule has 1 saturated carbocycles. The van der Waals surface area contributed by atoms with Crippen LogP contribution in [0, 0.1) is 0 Å². The van der Waals surface area contributed by atoms with Gasteiger partial charge in [0.15, 0.2) is 0 Å². The van der Waals surface area contributed by atoms with Gasteiger partial charge in [0.25, 0.3) is 0 Å². The molecule has 2 heterocycles. The van der Waals surface area contributed by atoms with E-state index in [1.54, 1.807) is 19.2 Å². The largest absolute Gasteiger partial charge is 0.496 e. The molecule has 0 atom stereocenters. The molecule has 0 N–H and O–H groups in total. The van der Waals surface area contributed by atoms with Crippen LogP contribution in [0.4, 0.5) is 0 Å². The lowest BCUT2D eigenvalue weighted by Crippen LogP contribution is -2.23. The number of pyridine rings is 1. The first-order valence-electron chi connectivity index (χ1n) is 8.69. The zero-order valence-corrected chi connectivity index (χ0v) is 16.5. The molecule has 1 fully saturated rings. The second-order valence-corrected chi connectivity index (χ2v) is 7.33. The van der Waals surface area contributed by atoms with Crippen LogP contribution in [0.1, 0.15) is 25.5 Å². The van der Waals surface area contributed by atoms with Gasteiger partial charge in [-0.2, -0.15) is 0 Å². The lowest BCUT2D eigenvalue weighted by molar-refractivity contribution is -0.146. The topological polar surface area (TPSA) is 52.8 Å². The predicted octanol–water partition coefficient (Wildman–Crippen LogP) is 4.91. The minimum absolute atomic E-state index is 0.201. The van der Waals surface area contributed by atoms with Gasteiger partial charge in [0.1, 0.15) is 16.8 Å². The summed E-state index contributed by atoms with van der Waals surface area (Å²) in [6.45, 7) is 2.18. The van der Waals surface area contributed by atoms with E-state index in [0.29, 0.717) is 28.0 Å². The molecule has 1 aromatic carbocycles. The van der Waals surface area contributed by atoms with Crippen LogP contribution in [0.3, 0.4) is 0 Å². The summed E-state index contributed by atoms with van der Waals surface area (Å²) >= 11 is 12.6. The minimum Gasteiger partial charge on any atom is -0.496 e. The third-order valence-corrected chi connectivity index (χ3v) is 5.74. The van der Waals surface area contributed by atoms with Crippen molar-refractivity contribution in [3.63, 3.8) is 0 Å². The zero-order valence-electron chi connectivity index (χ0n) is 15.0. The van der Waals surface area contributed by atoms with Crippen molar-refractivity contribution in [1.82, 2.24) is 9.38 Å². The summed E-state index contributed by atoms with van der Waals surface area (Å²) in [5.74, 6) is 0.430. The van der Waals surface area contributed by atoms with Crippen molar-refractivity contribution >= 4 is 34.8 Å². The van der Waals surface area contributed by atoms with Gasteiger partial charge in [-0.1, -0.05) is 23.2 Å². The summed E-state index contributed by atoms with van der Waals surface area (Å²) in [7, 11) is 1.59. The highest BCUT2D eigenvalue weighted by Gasteiger charge is 2.54. The summed E-state index contributed by atoms with van der Waals surface area (Å²) in [6.07, 6.45) is 5.30. The summed E-state index contributed by atoms with van der Waals surface area (Å²) in [5, 5.41) is 0.882. The molecule has 7 heteroatoms. The molecule has 0 radical (unpaired) electrons. The molecule has 0 aliphatic heterocycles. The molecule has 4 rings (SSSR count). The molecular formula is C20H18Cl2N2O3. The lowest BCUT2D eigenvalue weighted by atomic mass is 10.0. The van der Waals surface area contributed by atoms with Gasteiger partial charge in [-0.05, 0) is 49.6 Å². The summed E-state index contributed by atoms with van der Waals surface area (Å²) < 4.78 is 12.6. The van der Waals surface area contributed by atoms with Crippen LogP contribution >= 0.6 is 23.2 Å². The molecule has 0 unspecified atom stereocenters. The average molecular weight is 405 g/mol. The van der Waals surface area contributed by atoms with Crippen molar-refractivity contribution in [1.29, 1.82) is 0 Å². The van der Waals surface area contributed by atoms with E-state index in [1.807, 2.05) is 35.9 Å². The van der Waals surface area contributed by atoms with Crippen molar-refractivity contribution in [2.45, 2.75) is 25.2 Å². The number of hydrogen-bond donors (Lipinski definition) is 0. The fraction of sp³-hybridized carbons (Fsp3) is 0.300. The summed E-state index contributed by atoms with van der Waals surface area (Å²) in [5.41, 5.74) is 2.40. The van der Waals surface area contributed by atoms with Crippen LogP contribution in [0.2, 0.25) is 10.0 Å². The van der Waals surface area contributed by atoms with Crippen LogP contribution < -0.4 is 4.74 Å². The molecule has 0 saturated heterocycles. The molecule has 0 bridgehead atoms. The third-order valence-electron chi connectivity index (χ3n) is 4.93. The number of nitrogens with zero attached hydrogens (tertiary/aromatic N) is 2. The molecule has 1 aliphatic rings. The molecule has 27 heavy (non-hydrogen) atoms. The second kappa shape index (κ2) is 6.73. The van der Waals surface area contributed by atoms with Crippen LogP contribution in [-0.2, 0) is 14.9 Å². The van der Waals surface area contributed by atoms with Crippen LogP contribution in [0.25, 0.3) is 16.8 Å². The maximum absolute atomic E-state index is 12.3. The Bertz CT molecular complexity index is 1040. The van der Waals surface area contributed by atoms with Gasteiger partial charge < -0.3 is 13.9 Å². The van der Waals surface area contributed by atoms with E-state index in [1.165, 1.54) is 0 Å². The van der Waals surface area contributed by atoms with Gasteiger partial charge in [0, 0.05) is 18.0 Å². The van der Waals surface area contributed by atoms with Crippen molar-refractivity contribution in [2.24, 2.45) is 0 Å². The highest BCUT2D eigenvalue weighted by atomic mass is 35.5. The molecule has 3 aromatic rings. The Balaban J connectivity index is 1.79. The smallest absolute Gasteiger partial charge is 0.318 e. The van der Waals surface area contributed by atoms with Crippen LogP contribution in [0.5, 0.6) is 5.75 Å². The molecule has 0 amide bonds. The lowest BCUT2D eigenvalue weighted by Gasteiger charge is -2.12. The molecule has 1 aliphatic carbocycles. The standard InChI is InChI=1S/C20H18Cl2N2O3/c1-3-27-19(25)20(7-8-20)15-11-24-9-6-12(10-16(24)23-15)17-14(26-2)5-4-13(21)18(17)22/h4-6,9-11H,3,7-8H2,1-2H3. The molecule has 0 spiro atoms. The number of benzene rings is 1. The van der Waals surface area contributed by atoms with Gasteiger partial charge in [-0.15, -0.1) is 0 Å². The Morgan fingerprint density at radius 2 is 2.07 bits per heavy atom. The summed E-state index contributed by atoms with van der Waals surface area (Å²) in [6, 6.07) is 7.31. The first kappa shape index (κ1) is 18.1. The van der Waals surface area contributed by atoms with Crippen molar-refractivity contribution in [3.05, 3.63) is 52.4 Å². The van der Waals surface area contributed by atoms with E-state index >= 15 is 0 Å². The number of carbonyl (C=O) groups is 1. The van der Waals surface area contributed by atoms with Crippen molar-refractivity contribution in [3.8, 4) is 16.9 Å². The first-order valence-corrected chi connectivity index (χ1v) is 9.44. The number of rotatable bonds is 5. The fourth-order valence-electron chi connectivity index (χ4n) is 3.30. The Hall–Kier alpha value is -2.24. The highest BCUT2D eigenvalue weighted by molar-refractivity contribution is 6.44. The number of ether oxygens (including phenoxy) is 2. The maximum Gasteiger partial charge on any atom is 0.318 e. The number of halogens is 2. The number of esters is 1. The highest BCUT2D eigenvalue weighted by Crippen LogP contribution is 2.49. The van der Waals surface area contributed by atoms with E-state index in [-0.39, 0.29) is 5.97 Å². The number of imidazole rings is 1. The quantitative estimate of drug-likeness (QED) is 0.566.